The summed E-state index contributed by atoms with van der Waals surface area (Å²) in [5.74, 6) is 0.570. The third-order valence-electron chi connectivity index (χ3n) is 3.13. The zero-order valence-corrected chi connectivity index (χ0v) is 16.6. The minimum absolute atomic E-state index is 0.0843. The molecule has 0 heterocycles. The van der Waals surface area contributed by atoms with E-state index in [0.29, 0.717) is 34.7 Å². The summed E-state index contributed by atoms with van der Waals surface area (Å²) in [5, 5.41) is 3.76. The molecule has 0 fully saturated rings. The molecule has 0 aliphatic heterocycles. The first-order valence-corrected chi connectivity index (χ1v) is 10.0. The molecule has 0 saturated carbocycles. The summed E-state index contributed by atoms with van der Waals surface area (Å²) in [6.07, 6.45) is 1.34. The van der Waals surface area contributed by atoms with Crippen LogP contribution in [0.2, 0.25) is 0 Å². The third-order valence-corrected chi connectivity index (χ3v) is 4.96. The Bertz CT molecular complexity index is 886. The van der Waals surface area contributed by atoms with E-state index in [1.54, 1.807) is 12.1 Å². The highest BCUT2D eigenvalue weighted by Gasteiger charge is 2.13. The van der Waals surface area contributed by atoms with E-state index < -0.39 is 15.8 Å². The fraction of sp³-hybridized carbons (Fsp3) is 0.235. The Labute approximate surface area is 160 Å². The topological polar surface area (TPSA) is 77.0 Å². The number of rotatable bonds is 8. The summed E-state index contributed by atoms with van der Waals surface area (Å²) >= 11 is 3.40. The van der Waals surface area contributed by atoms with Crippen LogP contribution in [0.25, 0.3) is 0 Å². The number of halogens is 2. The van der Waals surface area contributed by atoms with Gasteiger partial charge in [-0.1, -0.05) is 0 Å². The van der Waals surface area contributed by atoms with Crippen LogP contribution in [0, 0.1) is 5.82 Å². The molecule has 9 heteroatoms. The lowest BCUT2D eigenvalue weighted by Crippen LogP contribution is -2.18. The summed E-state index contributed by atoms with van der Waals surface area (Å²) in [6, 6.07) is 7.87. The molecule has 2 aromatic carbocycles. The minimum Gasteiger partial charge on any atom is -0.490 e. The highest BCUT2D eigenvalue weighted by Crippen LogP contribution is 2.36. The number of hydrazone groups is 1. The van der Waals surface area contributed by atoms with Gasteiger partial charge >= 0.3 is 0 Å². The van der Waals surface area contributed by atoms with Gasteiger partial charge in [0, 0.05) is 0 Å². The maximum absolute atomic E-state index is 12.9. The van der Waals surface area contributed by atoms with Crippen LogP contribution in [0.1, 0.15) is 19.4 Å². The Kier molecular flexibility index (Phi) is 6.98. The molecule has 140 valence electrons. The molecule has 0 spiro atoms. The van der Waals surface area contributed by atoms with Crippen LogP contribution in [0.15, 0.2) is 50.9 Å². The monoisotopic (exact) mass is 444 g/mol. The van der Waals surface area contributed by atoms with Gasteiger partial charge in [0.15, 0.2) is 11.5 Å². The van der Waals surface area contributed by atoms with Gasteiger partial charge in [0.25, 0.3) is 10.0 Å². The SMILES string of the molecule is CCOc1cc(/C=N/NS(=O)(=O)c2ccc(F)cc2)cc(Br)c1OCC. The van der Waals surface area contributed by atoms with Crippen LogP contribution < -0.4 is 14.3 Å². The highest BCUT2D eigenvalue weighted by molar-refractivity contribution is 9.10. The summed E-state index contributed by atoms with van der Waals surface area (Å²) < 4.78 is 48.9. The van der Waals surface area contributed by atoms with Crippen molar-refractivity contribution in [2.45, 2.75) is 18.7 Å². The molecule has 0 aliphatic carbocycles. The van der Waals surface area contributed by atoms with Crippen molar-refractivity contribution < 1.29 is 22.3 Å². The Balaban J connectivity index is 2.20. The number of nitrogens with zero attached hydrogens (tertiary/aromatic N) is 1. The average Bonchev–Trinajstić information content (AvgIpc) is 2.58. The molecule has 0 unspecified atom stereocenters. The predicted molar refractivity (Wildman–Crippen MR) is 101 cm³/mol. The van der Waals surface area contributed by atoms with Crippen molar-refractivity contribution in [3.05, 3.63) is 52.3 Å². The fourth-order valence-corrected chi connectivity index (χ4v) is 3.41. The Morgan fingerprint density at radius 3 is 2.42 bits per heavy atom. The molecule has 2 rings (SSSR count). The van der Waals surface area contributed by atoms with E-state index in [9.17, 15) is 12.8 Å². The molecule has 0 radical (unpaired) electrons. The molecule has 0 aliphatic rings. The van der Waals surface area contributed by atoms with E-state index >= 15 is 0 Å². The molecular weight excluding hydrogens is 427 g/mol. The maximum Gasteiger partial charge on any atom is 0.276 e. The smallest absolute Gasteiger partial charge is 0.276 e. The predicted octanol–water partition coefficient (Wildman–Crippen LogP) is 3.70. The molecule has 1 N–H and O–H groups in total. The first-order valence-electron chi connectivity index (χ1n) is 7.77. The van der Waals surface area contributed by atoms with Gasteiger partial charge in [0.1, 0.15) is 5.82 Å². The lowest BCUT2D eigenvalue weighted by Gasteiger charge is -2.13. The largest absolute Gasteiger partial charge is 0.490 e. The molecular formula is C17H18BrFN2O4S. The number of sulfonamides is 1. The van der Waals surface area contributed by atoms with Crippen molar-refractivity contribution >= 4 is 32.2 Å². The number of ether oxygens (including phenoxy) is 2. The second-order valence-corrected chi connectivity index (χ2v) is 7.52. The van der Waals surface area contributed by atoms with E-state index in [1.165, 1.54) is 6.21 Å². The quantitative estimate of drug-likeness (QED) is 0.497. The van der Waals surface area contributed by atoms with Crippen LogP contribution in [0.4, 0.5) is 4.39 Å². The van der Waals surface area contributed by atoms with Crippen molar-refractivity contribution in [2.75, 3.05) is 13.2 Å². The first-order chi connectivity index (χ1) is 12.4. The molecule has 26 heavy (non-hydrogen) atoms. The van der Waals surface area contributed by atoms with Crippen molar-refractivity contribution in [3.8, 4) is 11.5 Å². The normalized spacial score (nSPS) is 11.5. The van der Waals surface area contributed by atoms with Crippen LogP contribution in [-0.4, -0.2) is 27.8 Å². The van der Waals surface area contributed by atoms with Gasteiger partial charge in [-0.2, -0.15) is 13.5 Å². The second kappa shape index (κ2) is 9.00. The minimum atomic E-state index is -3.88. The van der Waals surface area contributed by atoms with Gasteiger partial charge in [-0.15, -0.1) is 0 Å². The number of nitrogens with one attached hydrogen (secondary N) is 1. The van der Waals surface area contributed by atoms with Gasteiger partial charge in [-0.05, 0) is 71.7 Å². The van der Waals surface area contributed by atoms with Crippen molar-refractivity contribution in [3.63, 3.8) is 0 Å². The van der Waals surface area contributed by atoms with Gasteiger partial charge < -0.3 is 9.47 Å². The summed E-state index contributed by atoms with van der Waals surface area (Å²) in [7, 11) is -3.88. The van der Waals surface area contributed by atoms with E-state index in [0.717, 1.165) is 24.3 Å². The van der Waals surface area contributed by atoms with Crippen LogP contribution in [0.3, 0.4) is 0 Å². The first kappa shape index (κ1) is 20.2. The average molecular weight is 445 g/mol. The second-order valence-electron chi connectivity index (χ2n) is 5.00. The lowest BCUT2D eigenvalue weighted by atomic mass is 10.2. The van der Waals surface area contributed by atoms with Crippen molar-refractivity contribution in [2.24, 2.45) is 5.10 Å². The summed E-state index contributed by atoms with van der Waals surface area (Å²) in [6.45, 7) is 4.64. The maximum atomic E-state index is 12.9. The van der Waals surface area contributed by atoms with Gasteiger partial charge in [-0.25, -0.2) is 9.22 Å². The fourth-order valence-electron chi connectivity index (χ4n) is 2.05. The van der Waals surface area contributed by atoms with E-state index in [4.69, 9.17) is 9.47 Å². The van der Waals surface area contributed by atoms with E-state index in [1.807, 2.05) is 13.8 Å². The van der Waals surface area contributed by atoms with Crippen LogP contribution in [-0.2, 0) is 10.0 Å². The van der Waals surface area contributed by atoms with E-state index in [-0.39, 0.29) is 4.90 Å². The molecule has 6 nitrogen and oxygen atoms in total. The highest BCUT2D eigenvalue weighted by atomic mass is 79.9. The third kappa shape index (κ3) is 5.18. The zero-order valence-electron chi connectivity index (χ0n) is 14.2. The Hall–Kier alpha value is -2.13. The molecule has 0 aromatic heterocycles. The van der Waals surface area contributed by atoms with Gasteiger partial charge in [0.2, 0.25) is 0 Å². The van der Waals surface area contributed by atoms with Crippen molar-refractivity contribution in [1.82, 2.24) is 4.83 Å². The standard InChI is InChI=1S/C17H18BrFN2O4S/c1-3-24-16-10-12(9-15(18)17(16)25-4-2)11-20-21-26(22,23)14-7-5-13(19)6-8-14/h5-11,21H,3-4H2,1-2H3/b20-11+. The zero-order chi connectivity index (χ0) is 19.2. The van der Waals surface area contributed by atoms with E-state index in [2.05, 4.69) is 25.9 Å². The lowest BCUT2D eigenvalue weighted by molar-refractivity contribution is 0.286. The van der Waals surface area contributed by atoms with Gasteiger partial charge in [-0.3, -0.25) is 0 Å². The summed E-state index contributed by atoms with van der Waals surface area (Å²) in [4.78, 5) is 2.00. The molecule has 0 saturated heterocycles. The summed E-state index contributed by atoms with van der Waals surface area (Å²) in [5.41, 5.74) is 0.602. The number of benzene rings is 2. The molecule has 0 atom stereocenters. The Morgan fingerprint density at radius 1 is 1.15 bits per heavy atom. The number of hydrogen-bond acceptors (Lipinski definition) is 5. The Morgan fingerprint density at radius 2 is 1.81 bits per heavy atom. The van der Waals surface area contributed by atoms with Crippen molar-refractivity contribution in [1.29, 1.82) is 0 Å². The molecule has 2 aromatic rings. The molecule has 0 amide bonds. The van der Waals surface area contributed by atoms with Crippen LogP contribution >= 0.6 is 15.9 Å². The molecule has 0 bridgehead atoms. The van der Waals surface area contributed by atoms with Gasteiger partial charge in [0.05, 0.1) is 28.8 Å². The van der Waals surface area contributed by atoms with Crippen LogP contribution in [0.5, 0.6) is 11.5 Å². The number of hydrogen-bond donors (Lipinski definition) is 1.